The number of nitrogens with zero attached hydrogens (tertiary/aromatic N) is 2. The van der Waals surface area contributed by atoms with E-state index in [1.165, 1.54) is 0 Å². The van der Waals surface area contributed by atoms with E-state index in [0.29, 0.717) is 11.2 Å². The summed E-state index contributed by atoms with van der Waals surface area (Å²) in [4.78, 5) is 19.2. The van der Waals surface area contributed by atoms with Crippen molar-refractivity contribution in [2.75, 3.05) is 12.4 Å². The molecule has 1 aromatic heterocycles. The lowest BCUT2D eigenvalue weighted by Gasteiger charge is -2.05. The molecule has 5 nitrogen and oxygen atoms in total. The topological polar surface area (TPSA) is 75.1 Å². The van der Waals surface area contributed by atoms with Gasteiger partial charge in [-0.15, -0.1) is 0 Å². The van der Waals surface area contributed by atoms with Gasteiger partial charge in [0.2, 0.25) is 0 Å². The second-order valence-corrected chi connectivity index (χ2v) is 3.23. The van der Waals surface area contributed by atoms with Crippen molar-refractivity contribution in [1.82, 2.24) is 9.97 Å². The molecule has 0 spiro atoms. The van der Waals surface area contributed by atoms with Crippen LogP contribution in [-0.2, 0) is 0 Å². The average Bonchev–Trinajstić information content (AvgIpc) is 2.27. The molecule has 1 aliphatic rings. The van der Waals surface area contributed by atoms with Crippen LogP contribution in [0.4, 0.5) is 5.82 Å². The standard InChI is InChI=1S/C10H11N3O2/c1-11-9-8(10(14)15)12-6-4-2-3-5-7(6)13-9/h4-5H,2-3H2,1H3,(H,11,13)(H,14,15). The summed E-state index contributed by atoms with van der Waals surface area (Å²) < 4.78 is 0. The Morgan fingerprint density at radius 3 is 2.47 bits per heavy atom. The molecule has 78 valence electrons. The monoisotopic (exact) mass is 205 g/mol. The molecule has 2 rings (SSSR count). The molecule has 1 aliphatic carbocycles. The van der Waals surface area contributed by atoms with Crippen molar-refractivity contribution in [2.24, 2.45) is 0 Å². The zero-order valence-electron chi connectivity index (χ0n) is 8.32. The van der Waals surface area contributed by atoms with Crippen LogP contribution < -0.4 is 16.0 Å². The average molecular weight is 205 g/mol. The lowest BCUT2D eigenvalue weighted by Crippen LogP contribution is -2.36. The molecular weight excluding hydrogens is 194 g/mol. The van der Waals surface area contributed by atoms with Gasteiger partial charge in [-0.25, -0.2) is 14.8 Å². The third-order valence-electron chi connectivity index (χ3n) is 2.23. The molecule has 0 amide bonds. The van der Waals surface area contributed by atoms with Crippen molar-refractivity contribution in [3.63, 3.8) is 0 Å². The van der Waals surface area contributed by atoms with Gasteiger partial charge in [0.25, 0.3) is 0 Å². The third-order valence-corrected chi connectivity index (χ3v) is 2.23. The van der Waals surface area contributed by atoms with Crippen LogP contribution in [0, 0.1) is 0 Å². The summed E-state index contributed by atoms with van der Waals surface area (Å²) in [6.07, 6.45) is 5.69. The summed E-state index contributed by atoms with van der Waals surface area (Å²) in [7, 11) is 1.63. The van der Waals surface area contributed by atoms with Crippen LogP contribution in [0.3, 0.4) is 0 Å². The Bertz CT molecular complexity index is 522. The van der Waals surface area contributed by atoms with Crippen molar-refractivity contribution >= 4 is 23.9 Å². The van der Waals surface area contributed by atoms with E-state index in [-0.39, 0.29) is 5.69 Å². The Kier molecular flexibility index (Phi) is 2.37. The molecule has 5 heteroatoms. The van der Waals surface area contributed by atoms with Crippen molar-refractivity contribution in [2.45, 2.75) is 12.8 Å². The molecule has 1 aromatic rings. The van der Waals surface area contributed by atoms with Gasteiger partial charge in [0.15, 0.2) is 11.5 Å². The van der Waals surface area contributed by atoms with Crippen LogP contribution in [0.5, 0.6) is 0 Å². The smallest absolute Gasteiger partial charge is 0.358 e. The first-order valence-electron chi connectivity index (χ1n) is 4.72. The summed E-state index contributed by atoms with van der Waals surface area (Å²) in [5, 5.41) is 13.1. The molecule has 0 saturated heterocycles. The van der Waals surface area contributed by atoms with Gasteiger partial charge in [-0.1, -0.05) is 12.2 Å². The maximum atomic E-state index is 10.9. The molecule has 0 radical (unpaired) electrons. The first-order valence-corrected chi connectivity index (χ1v) is 4.72. The van der Waals surface area contributed by atoms with Crippen molar-refractivity contribution in [3.8, 4) is 0 Å². The molecular formula is C10H11N3O2. The number of carboxylic acid groups (broad SMARTS) is 1. The lowest BCUT2D eigenvalue weighted by molar-refractivity contribution is 0.0691. The second kappa shape index (κ2) is 3.68. The number of fused-ring (bicyclic) bond motifs is 1. The number of rotatable bonds is 2. The van der Waals surface area contributed by atoms with E-state index in [1.807, 2.05) is 12.2 Å². The van der Waals surface area contributed by atoms with Gasteiger partial charge in [0, 0.05) is 7.05 Å². The van der Waals surface area contributed by atoms with E-state index in [1.54, 1.807) is 7.05 Å². The Balaban J connectivity index is 2.73. The van der Waals surface area contributed by atoms with E-state index >= 15 is 0 Å². The zero-order chi connectivity index (χ0) is 10.8. The number of carbonyl (C=O) groups is 1. The number of hydrogen-bond donors (Lipinski definition) is 2. The minimum absolute atomic E-state index is 0.0252. The molecule has 0 unspecified atom stereocenters. The van der Waals surface area contributed by atoms with Gasteiger partial charge in [-0.3, -0.25) is 0 Å². The highest BCUT2D eigenvalue weighted by atomic mass is 16.4. The van der Waals surface area contributed by atoms with Crippen LogP contribution in [0.25, 0.3) is 12.2 Å². The maximum Gasteiger partial charge on any atom is 0.358 e. The summed E-state index contributed by atoms with van der Waals surface area (Å²) in [5.41, 5.74) is -0.0252. The van der Waals surface area contributed by atoms with Crippen LogP contribution in [-0.4, -0.2) is 28.1 Å². The molecule has 15 heavy (non-hydrogen) atoms. The summed E-state index contributed by atoms with van der Waals surface area (Å²) >= 11 is 0. The predicted octanol–water partition coefficient (Wildman–Crippen LogP) is -0.429. The van der Waals surface area contributed by atoms with Crippen LogP contribution >= 0.6 is 0 Å². The maximum absolute atomic E-state index is 10.9. The molecule has 0 fully saturated rings. The number of carboxylic acids is 1. The summed E-state index contributed by atoms with van der Waals surface area (Å²) in [5.74, 6) is -0.749. The molecule has 0 bridgehead atoms. The molecule has 0 atom stereocenters. The fourth-order valence-electron chi connectivity index (χ4n) is 1.53. The minimum Gasteiger partial charge on any atom is -0.476 e. The molecule has 0 aromatic carbocycles. The number of aromatic carboxylic acids is 1. The Morgan fingerprint density at radius 1 is 1.33 bits per heavy atom. The Labute approximate surface area is 86.2 Å². The van der Waals surface area contributed by atoms with E-state index < -0.39 is 5.97 Å². The van der Waals surface area contributed by atoms with Crippen LogP contribution in [0.1, 0.15) is 23.3 Å². The summed E-state index contributed by atoms with van der Waals surface area (Å²) in [6, 6.07) is 0. The molecule has 1 heterocycles. The largest absolute Gasteiger partial charge is 0.476 e. The first-order chi connectivity index (χ1) is 7.22. The number of nitrogens with one attached hydrogen (secondary N) is 1. The SMILES string of the molecule is CNc1nc2c(nc1C(=O)O)=CCCC=2. The fourth-order valence-corrected chi connectivity index (χ4v) is 1.53. The second-order valence-electron chi connectivity index (χ2n) is 3.23. The lowest BCUT2D eigenvalue weighted by atomic mass is 10.2. The van der Waals surface area contributed by atoms with Gasteiger partial charge >= 0.3 is 5.97 Å². The van der Waals surface area contributed by atoms with Gasteiger partial charge in [-0.2, -0.15) is 0 Å². The fraction of sp³-hybridized carbons (Fsp3) is 0.300. The molecule has 0 aliphatic heterocycles. The molecule has 0 saturated carbocycles. The van der Waals surface area contributed by atoms with Gasteiger partial charge < -0.3 is 10.4 Å². The number of anilines is 1. The summed E-state index contributed by atoms with van der Waals surface area (Å²) in [6.45, 7) is 0. The quantitative estimate of drug-likeness (QED) is 0.685. The predicted molar refractivity (Wildman–Crippen MR) is 56.0 cm³/mol. The van der Waals surface area contributed by atoms with E-state index in [0.717, 1.165) is 18.2 Å². The normalized spacial score (nSPS) is 13.4. The highest BCUT2D eigenvalue weighted by molar-refractivity contribution is 5.90. The number of aromatic nitrogens is 2. The van der Waals surface area contributed by atoms with E-state index in [2.05, 4.69) is 15.3 Å². The van der Waals surface area contributed by atoms with Crippen molar-refractivity contribution in [3.05, 3.63) is 16.4 Å². The highest BCUT2D eigenvalue weighted by Gasteiger charge is 2.13. The van der Waals surface area contributed by atoms with Gasteiger partial charge in [0.05, 0.1) is 10.7 Å². The zero-order valence-corrected chi connectivity index (χ0v) is 8.32. The van der Waals surface area contributed by atoms with Crippen LogP contribution in [0.2, 0.25) is 0 Å². The molecule has 2 N–H and O–H groups in total. The minimum atomic E-state index is -1.06. The Morgan fingerprint density at radius 2 is 1.93 bits per heavy atom. The van der Waals surface area contributed by atoms with Crippen molar-refractivity contribution < 1.29 is 9.90 Å². The van der Waals surface area contributed by atoms with E-state index in [4.69, 9.17) is 5.11 Å². The first kappa shape index (κ1) is 9.64. The highest BCUT2D eigenvalue weighted by Crippen LogP contribution is 2.04. The van der Waals surface area contributed by atoms with E-state index in [9.17, 15) is 4.79 Å². The Hall–Kier alpha value is -1.91. The van der Waals surface area contributed by atoms with Crippen molar-refractivity contribution in [1.29, 1.82) is 0 Å². The van der Waals surface area contributed by atoms with Gasteiger partial charge in [0.1, 0.15) is 0 Å². The third kappa shape index (κ3) is 1.68. The van der Waals surface area contributed by atoms with Gasteiger partial charge in [-0.05, 0) is 12.8 Å². The number of hydrogen-bond acceptors (Lipinski definition) is 4. The van der Waals surface area contributed by atoms with Crippen LogP contribution in [0.15, 0.2) is 0 Å².